The third kappa shape index (κ3) is 4.84. The fraction of sp³-hybridized carbons (Fsp3) is 0.533. The Kier molecular flexibility index (Phi) is 6.89. The Morgan fingerprint density at radius 2 is 1.95 bits per heavy atom. The first-order valence-corrected chi connectivity index (χ1v) is 7.18. The highest BCUT2D eigenvalue weighted by Crippen LogP contribution is 2.24. The van der Waals surface area contributed by atoms with Crippen molar-refractivity contribution in [1.29, 1.82) is 0 Å². The molecule has 0 aliphatic rings. The minimum atomic E-state index is 0.0531. The minimum Gasteiger partial charge on any atom is -0.493 e. The first-order valence-electron chi connectivity index (χ1n) is 6.80. The Balaban J connectivity index is 2.89. The number of benzene rings is 1. The lowest BCUT2D eigenvalue weighted by atomic mass is 10.1. The van der Waals surface area contributed by atoms with E-state index in [0.717, 1.165) is 19.5 Å². The molecule has 0 fully saturated rings. The summed E-state index contributed by atoms with van der Waals surface area (Å²) in [5.41, 5.74) is 0.577. The van der Waals surface area contributed by atoms with Crippen LogP contribution >= 0.6 is 11.6 Å². The lowest BCUT2D eigenvalue weighted by molar-refractivity contribution is 0.0933. The van der Waals surface area contributed by atoms with Gasteiger partial charge >= 0.3 is 0 Å². The fourth-order valence-electron chi connectivity index (χ4n) is 1.79. The van der Waals surface area contributed by atoms with E-state index in [1.165, 1.54) is 0 Å². The van der Waals surface area contributed by atoms with Crippen LogP contribution < -0.4 is 4.74 Å². The van der Waals surface area contributed by atoms with Crippen molar-refractivity contribution in [2.75, 3.05) is 26.2 Å². The molecule has 1 rings (SSSR count). The predicted molar refractivity (Wildman–Crippen MR) is 79.4 cm³/mol. The van der Waals surface area contributed by atoms with Gasteiger partial charge in [0.05, 0.1) is 18.7 Å². The molecule has 0 radical (unpaired) electrons. The van der Waals surface area contributed by atoms with Gasteiger partial charge in [-0.2, -0.15) is 0 Å². The Hall–Kier alpha value is -1.06. The number of carbonyl (C=O) groups excluding carboxylic acids is 1. The van der Waals surface area contributed by atoms with Crippen molar-refractivity contribution in [2.24, 2.45) is 0 Å². The largest absolute Gasteiger partial charge is 0.493 e. The van der Waals surface area contributed by atoms with E-state index >= 15 is 0 Å². The predicted octanol–water partition coefficient (Wildman–Crippen LogP) is 3.65. The summed E-state index contributed by atoms with van der Waals surface area (Å²) < 4.78 is 5.61. The molecule has 0 bridgehead atoms. The van der Waals surface area contributed by atoms with Gasteiger partial charge in [-0.1, -0.05) is 32.4 Å². The highest BCUT2D eigenvalue weighted by molar-refractivity contribution is 6.31. The summed E-state index contributed by atoms with van der Waals surface area (Å²) in [7, 11) is 0. The second-order valence-corrected chi connectivity index (χ2v) is 4.81. The molecule has 0 aromatic heterocycles. The van der Waals surface area contributed by atoms with E-state index in [4.69, 9.17) is 16.3 Å². The van der Waals surface area contributed by atoms with E-state index in [1.54, 1.807) is 18.2 Å². The van der Waals surface area contributed by atoms with Crippen LogP contribution in [0.4, 0.5) is 0 Å². The summed E-state index contributed by atoms with van der Waals surface area (Å²) in [4.78, 5) is 14.4. The number of ketones is 1. The highest BCUT2D eigenvalue weighted by Gasteiger charge is 2.15. The van der Waals surface area contributed by atoms with Gasteiger partial charge in [0.2, 0.25) is 0 Å². The second kappa shape index (κ2) is 8.18. The molecule has 0 amide bonds. The fourth-order valence-corrected chi connectivity index (χ4v) is 1.97. The van der Waals surface area contributed by atoms with Gasteiger partial charge in [-0.05, 0) is 37.7 Å². The van der Waals surface area contributed by atoms with Crippen molar-refractivity contribution in [3.8, 4) is 5.75 Å². The van der Waals surface area contributed by atoms with Crippen LogP contribution in [0.1, 0.15) is 37.6 Å². The quantitative estimate of drug-likeness (QED) is 0.682. The van der Waals surface area contributed by atoms with Crippen LogP contribution in [-0.4, -0.2) is 36.9 Å². The molecule has 0 aliphatic heterocycles. The first-order chi connectivity index (χ1) is 9.12. The number of carbonyl (C=O) groups is 1. The molecule has 4 heteroatoms. The molecule has 0 aliphatic carbocycles. The molecular formula is C15H22ClNO2. The van der Waals surface area contributed by atoms with Crippen molar-refractivity contribution < 1.29 is 9.53 Å². The second-order valence-electron chi connectivity index (χ2n) is 4.37. The van der Waals surface area contributed by atoms with Crippen LogP contribution in [-0.2, 0) is 0 Å². The number of Topliss-reactive ketones (excluding diaryl/α,β-unsaturated/α-hetero) is 1. The zero-order chi connectivity index (χ0) is 14.3. The number of likely N-dealkylation sites (N-methyl/N-ethyl adjacent to an activating group) is 1. The summed E-state index contributed by atoms with van der Waals surface area (Å²) in [6.45, 7) is 8.84. The molecule has 0 heterocycles. The van der Waals surface area contributed by atoms with E-state index in [1.807, 2.05) is 20.8 Å². The van der Waals surface area contributed by atoms with Crippen LogP contribution in [0, 0.1) is 0 Å². The molecule has 19 heavy (non-hydrogen) atoms. The monoisotopic (exact) mass is 283 g/mol. The van der Waals surface area contributed by atoms with Crippen LogP contribution in [0.5, 0.6) is 5.75 Å². The smallest absolute Gasteiger partial charge is 0.180 e. The van der Waals surface area contributed by atoms with E-state index in [0.29, 0.717) is 29.5 Å². The van der Waals surface area contributed by atoms with E-state index in [2.05, 4.69) is 4.90 Å². The Morgan fingerprint density at radius 1 is 1.26 bits per heavy atom. The van der Waals surface area contributed by atoms with E-state index in [9.17, 15) is 4.79 Å². The number of rotatable bonds is 8. The summed E-state index contributed by atoms with van der Waals surface area (Å²) in [5, 5.41) is 0.562. The Bertz CT molecular complexity index is 417. The molecule has 0 N–H and O–H groups in total. The molecule has 1 aromatic carbocycles. The molecule has 0 saturated heterocycles. The van der Waals surface area contributed by atoms with Gasteiger partial charge in [0.15, 0.2) is 5.78 Å². The van der Waals surface area contributed by atoms with Crippen LogP contribution in [0.2, 0.25) is 5.02 Å². The molecule has 0 spiro atoms. The van der Waals surface area contributed by atoms with Crippen molar-refractivity contribution in [3.05, 3.63) is 28.8 Å². The third-order valence-corrected chi connectivity index (χ3v) is 3.20. The zero-order valence-electron chi connectivity index (χ0n) is 11.9. The molecular weight excluding hydrogens is 262 g/mol. The summed E-state index contributed by atoms with van der Waals surface area (Å²) in [6, 6.07) is 5.21. The van der Waals surface area contributed by atoms with E-state index in [-0.39, 0.29) is 5.78 Å². The van der Waals surface area contributed by atoms with Gasteiger partial charge in [0.25, 0.3) is 0 Å². The van der Waals surface area contributed by atoms with Crippen molar-refractivity contribution in [3.63, 3.8) is 0 Å². The van der Waals surface area contributed by atoms with Crippen LogP contribution in [0.3, 0.4) is 0 Å². The first kappa shape index (κ1) is 16.0. The third-order valence-electron chi connectivity index (χ3n) is 2.97. The topological polar surface area (TPSA) is 29.5 Å². The average Bonchev–Trinajstić information content (AvgIpc) is 2.43. The van der Waals surface area contributed by atoms with Gasteiger partial charge < -0.3 is 4.74 Å². The molecule has 1 aromatic rings. The van der Waals surface area contributed by atoms with Gasteiger partial charge in [-0.15, -0.1) is 0 Å². The number of hydrogen-bond donors (Lipinski definition) is 0. The van der Waals surface area contributed by atoms with Crippen molar-refractivity contribution in [1.82, 2.24) is 4.90 Å². The van der Waals surface area contributed by atoms with Crippen LogP contribution in [0.25, 0.3) is 0 Å². The normalized spacial score (nSPS) is 10.8. The Morgan fingerprint density at radius 3 is 2.53 bits per heavy atom. The van der Waals surface area contributed by atoms with Gasteiger partial charge in [0.1, 0.15) is 5.75 Å². The lowest BCUT2D eigenvalue weighted by Crippen LogP contribution is -2.29. The average molecular weight is 284 g/mol. The number of hydrogen-bond acceptors (Lipinski definition) is 3. The molecule has 0 unspecified atom stereocenters. The lowest BCUT2D eigenvalue weighted by Gasteiger charge is -2.18. The SMILES string of the molecule is CCCOc1ccc(Cl)cc1C(=O)CN(CC)CC. The Labute approximate surface area is 120 Å². The van der Waals surface area contributed by atoms with Gasteiger partial charge in [-0.25, -0.2) is 0 Å². The van der Waals surface area contributed by atoms with Crippen molar-refractivity contribution >= 4 is 17.4 Å². The zero-order valence-corrected chi connectivity index (χ0v) is 12.7. The maximum atomic E-state index is 12.3. The maximum absolute atomic E-state index is 12.3. The molecule has 0 atom stereocenters. The van der Waals surface area contributed by atoms with Gasteiger partial charge in [0, 0.05) is 5.02 Å². The molecule has 3 nitrogen and oxygen atoms in total. The minimum absolute atomic E-state index is 0.0531. The molecule has 106 valence electrons. The number of halogens is 1. The highest BCUT2D eigenvalue weighted by atomic mass is 35.5. The summed E-state index contributed by atoms with van der Waals surface area (Å²) in [5.74, 6) is 0.681. The summed E-state index contributed by atoms with van der Waals surface area (Å²) >= 11 is 5.98. The number of ether oxygens (including phenoxy) is 1. The standard InChI is InChI=1S/C15H22ClNO2/c1-4-9-19-15-8-7-12(16)10-13(15)14(18)11-17(5-2)6-3/h7-8,10H,4-6,9,11H2,1-3H3. The number of nitrogens with zero attached hydrogens (tertiary/aromatic N) is 1. The van der Waals surface area contributed by atoms with Crippen LogP contribution in [0.15, 0.2) is 18.2 Å². The van der Waals surface area contributed by atoms with E-state index < -0.39 is 0 Å². The molecule has 0 saturated carbocycles. The van der Waals surface area contributed by atoms with Crippen molar-refractivity contribution in [2.45, 2.75) is 27.2 Å². The maximum Gasteiger partial charge on any atom is 0.180 e. The summed E-state index contributed by atoms with van der Waals surface area (Å²) in [6.07, 6.45) is 0.909. The van der Waals surface area contributed by atoms with Gasteiger partial charge in [-0.3, -0.25) is 9.69 Å².